The summed E-state index contributed by atoms with van der Waals surface area (Å²) < 4.78 is 2.57. The average molecular weight is 698 g/mol. The fourth-order valence-electron chi connectivity index (χ4n) is 4.78. The molecule has 0 amide bonds. The van der Waals surface area contributed by atoms with Gasteiger partial charge in [0.2, 0.25) is 0 Å². The minimum Gasteiger partial charge on any atom is -0.262 e. The number of benzene rings is 3. The molecule has 3 nitrogen and oxygen atoms in total. The number of thiazole rings is 2. The van der Waals surface area contributed by atoms with Crippen LogP contribution in [0.25, 0.3) is 20.4 Å². The molecule has 3 heterocycles. The molecule has 3 aromatic carbocycles. The molecule has 0 aliphatic rings. The molecule has 6 heteroatoms. The van der Waals surface area contributed by atoms with Crippen LogP contribution < -0.4 is 0 Å². The van der Waals surface area contributed by atoms with Crippen LogP contribution in [-0.4, -0.2) is 20.2 Å². The van der Waals surface area contributed by atoms with E-state index in [-0.39, 0.29) is 0 Å². The van der Waals surface area contributed by atoms with Gasteiger partial charge < -0.3 is 0 Å². The van der Waals surface area contributed by atoms with E-state index in [0.29, 0.717) is 28.9 Å². The van der Waals surface area contributed by atoms with E-state index < -0.39 is 0 Å². The summed E-state index contributed by atoms with van der Waals surface area (Å²) in [4.78, 5) is 14.3. The summed E-state index contributed by atoms with van der Waals surface area (Å²) in [5.41, 5.74) is 10.8. The standard InChI is InChI=1S/C12H18S.C11H13NS.C10H11NS.C9H13N/c1-9(2)11-5-7-12(8-6-11)13-10(3)4;1-7(2)9-4-5-11-10(6-9)12-8(3)13-11;1-7(2)8-3-4-10-9(5-8)11-6-12-10;1-7(2)9-4-5-10-8(3)6-9/h5-10H,1-4H3;4-7H,1-3H3;3-7H,1-2H3;4-7H,1-3H3. The Morgan fingerprint density at radius 3 is 1.58 bits per heavy atom. The highest BCUT2D eigenvalue weighted by Gasteiger charge is 2.04. The van der Waals surface area contributed by atoms with E-state index in [2.05, 4.69) is 164 Å². The van der Waals surface area contributed by atoms with Crippen molar-refractivity contribution in [3.05, 3.63) is 117 Å². The van der Waals surface area contributed by atoms with Crippen LogP contribution in [0.15, 0.2) is 89.4 Å². The summed E-state index contributed by atoms with van der Waals surface area (Å²) in [6.07, 6.45) is 1.87. The summed E-state index contributed by atoms with van der Waals surface area (Å²) in [6.45, 7) is 26.2. The number of aromatic nitrogens is 3. The van der Waals surface area contributed by atoms with E-state index in [1.807, 2.05) is 30.4 Å². The number of hydrogen-bond acceptors (Lipinski definition) is 6. The van der Waals surface area contributed by atoms with Gasteiger partial charge in [0.1, 0.15) is 0 Å². The van der Waals surface area contributed by atoms with Crippen molar-refractivity contribution in [2.45, 2.75) is 117 Å². The molecule has 0 N–H and O–H groups in total. The van der Waals surface area contributed by atoms with Gasteiger partial charge in [-0.1, -0.05) is 93.5 Å². The second-order valence-corrected chi connectivity index (χ2v) is 17.4. The molecule has 256 valence electrons. The van der Waals surface area contributed by atoms with E-state index >= 15 is 0 Å². The number of aryl methyl sites for hydroxylation is 2. The van der Waals surface area contributed by atoms with Crippen LogP contribution >= 0.6 is 34.4 Å². The molecular formula is C42H55N3S3. The second-order valence-electron chi connectivity index (χ2n) is 13.6. The van der Waals surface area contributed by atoms with Crippen LogP contribution in [0.3, 0.4) is 0 Å². The van der Waals surface area contributed by atoms with Gasteiger partial charge in [-0.3, -0.25) is 4.98 Å². The Kier molecular flexibility index (Phi) is 15.8. The topological polar surface area (TPSA) is 38.7 Å². The summed E-state index contributed by atoms with van der Waals surface area (Å²) in [5, 5.41) is 1.82. The lowest BCUT2D eigenvalue weighted by atomic mass is 10.0. The molecule has 0 fully saturated rings. The van der Waals surface area contributed by atoms with Gasteiger partial charge in [-0.15, -0.1) is 34.4 Å². The largest absolute Gasteiger partial charge is 0.262 e. The van der Waals surface area contributed by atoms with Crippen LogP contribution in [0.5, 0.6) is 0 Å². The molecule has 0 bridgehead atoms. The van der Waals surface area contributed by atoms with Gasteiger partial charge in [0.05, 0.1) is 31.0 Å². The van der Waals surface area contributed by atoms with E-state index in [9.17, 15) is 0 Å². The number of nitrogens with zero attached hydrogens (tertiary/aromatic N) is 3. The Bertz CT molecular complexity index is 1810. The molecule has 0 spiro atoms. The quantitative estimate of drug-likeness (QED) is 0.162. The summed E-state index contributed by atoms with van der Waals surface area (Å²) in [5.74, 6) is 2.43. The zero-order valence-corrected chi connectivity index (χ0v) is 33.5. The summed E-state index contributed by atoms with van der Waals surface area (Å²) in [7, 11) is 0. The summed E-state index contributed by atoms with van der Waals surface area (Å²) in [6, 6.07) is 26.2. The predicted octanol–water partition coefficient (Wildman–Crippen LogP) is 14.0. The lowest BCUT2D eigenvalue weighted by molar-refractivity contribution is 0.859. The second kappa shape index (κ2) is 19.2. The Morgan fingerprint density at radius 1 is 0.542 bits per heavy atom. The predicted molar refractivity (Wildman–Crippen MR) is 217 cm³/mol. The molecule has 0 unspecified atom stereocenters. The maximum Gasteiger partial charge on any atom is 0.0907 e. The van der Waals surface area contributed by atoms with Crippen LogP contribution in [0, 0.1) is 13.8 Å². The third kappa shape index (κ3) is 12.8. The van der Waals surface area contributed by atoms with Gasteiger partial charge >= 0.3 is 0 Å². The highest BCUT2D eigenvalue weighted by molar-refractivity contribution is 7.99. The van der Waals surface area contributed by atoms with Gasteiger partial charge in [-0.05, 0) is 108 Å². The highest BCUT2D eigenvalue weighted by Crippen LogP contribution is 2.26. The molecule has 3 aromatic heterocycles. The number of fused-ring (bicyclic) bond motifs is 2. The molecule has 0 atom stereocenters. The van der Waals surface area contributed by atoms with Crippen LogP contribution in [0.2, 0.25) is 0 Å². The molecule has 0 aliphatic heterocycles. The van der Waals surface area contributed by atoms with Crippen LogP contribution in [0.1, 0.15) is 126 Å². The van der Waals surface area contributed by atoms with Gasteiger partial charge in [0.15, 0.2) is 0 Å². The van der Waals surface area contributed by atoms with Gasteiger partial charge in [-0.2, -0.15) is 0 Å². The first-order valence-electron chi connectivity index (χ1n) is 17.1. The molecule has 6 aromatic rings. The Balaban J connectivity index is 0.000000174. The van der Waals surface area contributed by atoms with Gasteiger partial charge in [-0.25, -0.2) is 9.97 Å². The minimum atomic E-state index is 0.589. The molecule has 6 rings (SSSR count). The fraction of sp³-hybridized carbons (Fsp3) is 0.405. The monoisotopic (exact) mass is 697 g/mol. The van der Waals surface area contributed by atoms with Crippen molar-refractivity contribution >= 4 is 54.9 Å². The van der Waals surface area contributed by atoms with E-state index in [1.165, 1.54) is 36.5 Å². The van der Waals surface area contributed by atoms with E-state index in [0.717, 1.165) is 21.7 Å². The van der Waals surface area contributed by atoms with Crippen molar-refractivity contribution in [1.29, 1.82) is 0 Å². The third-order valence-electron chi connectivity index (χ3n) is 7.71. The van der Waals surface area contributed by atoms with Crippen molar-refractivity contribution in [1.82, 2.24) is 15.0 Å². The van der Waals surface area contributed by atoms with Crippen molar-refractivity contribution in [2.24, 2.45) is 0 Å². The van der Waals surface area contributed by atoms with Crippen LogP contribution in [0.4, 0.5) is 0 Å². The first kappa shape index (κ1) is 39.4. The molecule has 0 saturated carbocycles. The normalized spacial score (nSPS) is 11.1. The SMILES string of the molecule is CC(C)Sc1ccc(C(C)C)cc1.CC(C)c1ccc2scnc2c1.Cc1cc(C(C)C)ccn1.Cc1nc2cc(C(C)C)ccc2s1. The van der Waals surface area contributed by atoms with E-state index in [1.54, 1.807) is 22.7 Å². The molecule has 0 saturated heterocycles. The van der Waals surface area contributed by atoms with Crippen molar-refractivity contribution in [2.75, 3.05) is 0 Å². The Hall–Kier alpha value is -3.06. The van der Waals surface area contributed by atoms with Crippen LogP contribution in [-0.2, 0) is 0 Å². The van der Waals surface area contributed by atoms with Gasteiger partial charge in [0.25, 0.3) is 0 Å². The average Bonchev–Trinajstić information content (AvgIpc) is 3.66. The number of thioether (sulfide) groups is 1. The first-order chi connectivity index (χ1) is 22.7. The maximum absolute atomic E-state index is 4.47. The lowest BCUT2D eigenvalue weighted by Crippen LogP contribution is -1.88. The Labute approximate surface area is 302 Å². The fourth-order valence-corrected chi connectivity index (χ4v) is 7.09. The first-order valence-corrected chi connectivity index (χ1v) is 19.7. The molecule has 48 heavy (non-hydrogen) atoms. The summed E-state index contributed by atoms with van der Waals surface area (Å²) >= 11 is 5.38. The lowest BCUT2D eigenvalue weighted by Gasteiger charge is -2.08. The maximum atomic E-state index is 4.47. The molecular weight excluding hydrogens is 643 g/mol. The third-order valence-corrected chi connectivity index (χ3v) is 10.5. The number of hydrogen-bond donors (Lipinski definition) is 0. The number of pyridine rings is 1. The van der Waals surface area contributed by atoms with Crippen molar-refractivity contribution in [3.8, 4) is 0 Å². The molecule has 0 radical (unpaired) electrons. The van der Waals surface area contributed by atoms with Crippen molar-refractivity contribution in [3.63, 3.8) is 0 Å². The molecule has 0 aliphatic carbocycles. The zero-order valence-electron chi connectivity index (χ0n) is 31.0. The van der Waals surface area contributed by atoms with Crippen molar-refractivity contribution < 1.29 is 0 Å². The highest BCUT2D eigenvalue weighted by atomic mass is 32.2. The zero-order chi connectivity index (χ0) is 35.4. The number of rotatable bonds is 6. The minimum absolute atomic E-state index is 0.589. The Morgan fingerprint density at radius 2 is 1.06 bits per heavy atom. The van der Waals surface area contributed by atoms with Gasteiger partial charge in [0, 0.05) is 22.0 Å². The van der Waals surface area contributed by atoms with E-state index in [4.69, 9.17) is 0 Å². The smallest absolute Gasteiger partial charge is 0.0907 e.